The van der Waals surface area contributed by atoms with Gasteiger partial charge in [0, 0.05) is 31.1 Å². The lowest BCUT2D eigenvalue weighted by Crippen LogP contribution is -2.54. The molecular formula is C22H26F3N7O2. The number of nitrogens with one attached hydrogen (secondary N) is 4. The van der Waals surface area contributed by atoms with Gasteiger partial charge in [-0.2, -0.15) is 4.98 Å². The van der Waals surface area contributed by atoms with Gasteiger partial charge in [0.2, 0.25) is 11.9 Å². The highest BCUT2D eigenvalue weighted by Gasteiger charge is 2.38. The van der Waals surface area contributed by atoms with E-state index < -0.39 is 29.4 Å². The van der Waals surface area contributed by atoms with Gasteiger partial charge >= 0.3 is 0 Å². The van der Waals surface area contributed by atoms with E-state index in [0.717, 1.165) is 12.8 Å². The molecule has 5 rings (SSSR count). The Morgan fingerprint density at radius 1 is 1.06 bits per heavy atom. The third kappa shape index (κ3) is 4.54. The van der Waals surface area contributed by atoms with E-state index in [9.17, 15) is 23.1 Å². The molecule has 5 N–H and O–H groups in total. The van der Waals surface area contributed by atoms with Gasteiger partial charge in [0.25, 0.3) is 0 Å². The molecule has 12 heteroatoms. The molecule has 2 fully saturated rings. The lowest BCUT2D eigenvalue weighted by atomic mass is 9.93. The Labute approximate surface area is 194 Å². The summed E-state index contributed by atoms with van der Waals surface area (Å²) in [6.45, 7) is 0.333. The summed E-state index contributed by atoms with van der Waals surface area (Å²) in [6, 6.07) is 1.15. The van der Waals surface area contributed by atoms with Crippen LogP contribution in [0.25, 0.3) is 0 Å². The van der Waals surface area contributed by atoms with Crippen LogP contribution in [-0.2, 0) is 4.79 Å². The van der Waals surface area contributed by atoms with Gasteiger partial charge in [0.05, 0.1) is 24.0 Å². The van der Waals surface area contributed by atoms with Crippen LogP contribution in [-0.4, -0.2) is 52.0 Å². The average Bonchev–Trinajstić information content (AvgIpc) is 3.16. The summed E-state index contributed by atoms with van der Waals surface area (Å²) in [5.74, 6) is -2.25. The van der Waals surface area contributed by atoms with Crippen LogP contribution in [0.3, 0.4) is 0 Å². The number of nitrogens with zero attached hydrogens (tertiary/aromatic N) is 3. The molecular weight excluding hydrogens is 451 g/mol. The second-order valence-electron chi connectivity index (χ2n) is 8.92. The highest BCUT2D eigenvalue weighted by molar-refractivity contribution is 5.78. The molecule has 34 heavy (non-hydrogen) atoms. The van der Waals surface area contributed by atoms with E-state index in [1.807, 2.05) is 4.90 Å². The zero-order valence-corrected chi connectivity index (χ0v) is 18.3. The Morgan fingerprint density at radius 3 is 2.47 bits per heavy atom. The molecule has 3 heterocycles. The summed E-state index contributed by atoms with van der Waals surface area (Å²) < 4.78 is 42.1. The number of carbonyl (C=O) groups excluding carboxylic acids is 1. The highest BCUT2D eigenvalue weighted by Crippen LogP contribution is 2.37. The summed E-state index contributed by atoms with van der Waals surface area (Å²) in [4.78, 5) is 22.6. The van der Waals surface area contributed by atoms with E-state index in [1.54, 1.807) is 6.20 Å². The number of benzene rings is 1. The first-order chi connectivity index (χ1) is 16.4. The molecule has 1 saturated carbocycles. The van der Waals surface area contributed by atoms with Gasteiger partial charge in [0.1, 0.15) is 11.5 Å². The first-order valence-corrected chi connectivity index (χ1v) is 11.4. The molecule has 2 aliphatic heterocycles. The van der Waals surface area contributed by atoms with Crippen LogP contribution in [0.2, 0.25) is 0 Å². The topological polar surface area (TPSA) is 114 Å². The van der Waals surface area contributed by atoms with Crippen molar-refractivity contribution < 1.29 is 23.1 Å². The smallest absolute Gasteiger partial charge is 0.224 e. The van der Waals surface area contributed by atoms with Crippen molar-refractivity contribution in [1.29, 1.82) is 0 Å². The van der Waals surface area contributed by atoms with Crippen molar-refractivity contribution in [1.82, 2.24) is 15.3 Å². The minimum Gasteiger partial charge on any atom is -0.393 e. The number of hydrogen-bond acceptors (Lipinski definition) is 8. The van der Waals surface area contributed by atoms with E-state index in [2.05, 4.69) is 31.2 Å². The van der Waals surface area contributed by atoms with E-state index in [0.29, 0.717) is 61.8 Å². The van der Waals surface area contributed by atoms with E-state index >= 15 is 0 Å². The largest absolute Gasteiger partial charge is 0.393 e. The first-order valence-electron chi connectivity index (χ1n) is 11.4. The number of aliphatic hydroxyl groups excluding tert-OH is 1. The molecule has 3 aliphatic rings. The SMILES string of the molecule is O=C1CC[C@@H](N2c3nc(NC4CCC(O)CC4)ncc3NC2Nc2c(F)cc(F)cc2F)CN1. The van der Waals surface area contributed by atoms with Gasteiger partial charge in [-0.1, -0.05) is 0 Å². The number of piperidine rings is 1. The van der Waals surface area contributed by atoms with Crippen LogP contribution < -0.4 is 26.2 Å². The van der Waals surface area contributed by atoms with Crippen molar-refractivity contribution in [3.63, 3.8) is 0 Å². The number of rotatable bonds is 5. The third-order valence-electron chi connectivity index (χ3n) is 6.53. The number of anilines is 4. The normalized spacial score (nSPS) is 26.5. The number of amides is 1. The van der Waals surface area contributed by atoms with Crippen molar-refractivity contribution in [3.05, 3.63) is 35.8 Å². The maximum atomic E-state index is 14.4. The second kappa shape index (κ2) is 9.16. The summed E-state index contributed by atoms with van der Waals surface area (Å²) in [5.41, 5.74) is 0.0885. The van der Waals surface area contributed by atoms with Gasteiger partial charge in [-0.3, -0.25) is 4.79 Å². The number of aliphatic hydroxyl groups is 1. The summed E-state index contributed by atoms with van der Waals surface area (Å²) in [5, 5.41) is 21.8. The van der Waals surface area contributed by atoms with Gasteiger partial charge in [-0.25, -0.2) is 18.2 Å². The van der Waals surface area contributed by atoms with Gasteiger partial charge in [-0.05, 0) is 32.1 Å². The number of halogens is 3. The quantitative estimate of drug-likeness (QED) is 0.447. The predicted octanol–water partition coefficient (Wildman–Crippen LogP) is 2.52. The Balaban J connectivity index is 1.42. The monoisotopic (exact) mass is 477 g/mol. The van der Waals surface area contributed by atoms with Crippen molar-refractivity contribution >= 4 is 29.0 Å². The zero-order valence-electron chi connectivity index (χ0n) is 18.3. The van der Waals surface area contributed by atoms with Crippen molar-refractivity contribution in [2.45, 2.75) is 63.0 Å². The summed E-state index contributed by atoms with van der Waals surface area (Å²) in [6.07, 6.45) is 4.35. The Morgan fingerprint density at radius 2 is 1.79 bits per heavy atom. The summed E-state index contributed by atoms with van der Waals surface area (Å²) in [7, 11) is 0. The van der Waals surface area contributed by atoms with Gasteiger partial charge in [-0.15, -0.1) is 0 Å². The van der Waals surface area contributed by atoms with Crippen molar-refractivity contribution in [2.24, 2.45) is 0 Å². The van der Waals surface area contributed by atoms with Gasteiger partial charge in [0.15, 0.2) is 23.7 Å². The van der Waals surface area contributed by atoms with Crippen molar-refractivity contribution in [2.75, 3.05) is 27.4 Å². The first kappa shape index (κ1) is 22.5. The molecule has 0 radical (unpaired) electrons. The van der Waals surface area contributed by atoms with Crippen LogP contribution in [0.4, 0.5) is 36.3 Å². The minimum atomic E-state index is -1.06. The predicted molar refractivity (Wildman–Crippen MR) is 120 cm³/mol. The molecule has 1 unspecified atom stereocenters. The number of hydrogen-bond donors (Lipinski definition) is 5. The Hall–Kier alpha value is -3.28. The molecule has 1 saturated heterocycles. The second-order valence-corrected chi connectivity index (χ2v) is 8.92. The molecule has 0 spiro atoms. The molecule has 2 aromatic rings. The van der Waals surface area contributed by atoms with Crippen LogP contribution in [0.1, 0.15) is 38.5 Å². The third-order valence-corrected chi connectivity index (χ3v) is 6.53. The Kier molecular flexibility index (Phi) is 6.07. The summed E-state index contributed by atoms with van der Waals surface area (Å²) >= 11 is 0. The van der Waals surface area contributed by atoms with E-state index in [1.165, 1.54) is 0 Å². The number of fused-ring (bicyclic) bond motifs is 1. The fraction of sp³-hybridized carbons (Fsp3) is 0.500. The molecule has 1 aromatic carbocycles. The molecule has 182 valence electrons. The Bertz CT molecular complexity index is 1050. The van der Waals surface area contributed by atoms with Crippen LogP contribution >= 0.6 is 0 Å². The fourth-order valence-electron chi connectivity index (χ4n) is 4.75. The molecule has 9 nitrogen and oxygen atoms in total. The lowest BCUT2D eigenvalue weighted by Gasteiger charge is -2.37. The fourth-order valence-corrected chi connectivity index (χ4v) is 4.75. The maximum absolute atomic E-state index is 14.4. The van der Waals surface area contributed by atoms with Crippen LogP contribution in [0.15, 0.2) is 18.3 Å². The average molecular weight is 477 g/mol. The van der Waals surface area contributed by atoms with Crippen LogP contribution in [0.5, 0.6) is 0 Å². The van der Waals surface area contributed by atoms with Crippen LogP contribution in [0, 0.1) is 17.5 Å². The molecule has 2 atom stereocenters. The maximum Gasteiger partial charge on any atom is 0.224 e. The lowest BCUT2D eigenvalue weighted by molar-refractivity contribution is -0.122. The highest BCUT2D eigenvalue weighted by atomic mass is 19.1. The molecule has 1 aromatic heterocycles. The van der Waals surface area contributed by atoms with Gasteiger partial charge < -0.3 is 31.3 Å². The molecule has 1 amide bonds. The number of carbonyl (C=O) groups is 1. The molecule has 0 bridgehead atoms. The zero-order chi connectivity index (χ0) is 23.8. The molecule has 1 aliphatic carbocycles. The number of aromatic nitrogens is 2. The minimum absolute atomic E-state index is 0.0618. The van der Waals surface area contributed by atoms with E-state index in [-0.39, 0.29) is 24.1 Å². The van der Waals surface area contributed by atoms with E-state index in [4.69, 9.17) is 0 Å². The van der Waals surface area contributed by atoms with Crippen molar-refractivity contribution in [3.8, 4) is 0 Å². The standard InChI is InChI=1S/C22H26F3N7O2/c23-11-7-15(24)19(16(25)8-11)30-22-29-17-10-27-21(28-12-1-4-14(33)5-2-12)31-20(17)32(22)13-3-6-18(34)26-9-13/h7-8,10,12-14,22,29-30,33H,1-6,9H2,(H,26,34)(H,27,28,31)/t12?,13-,14?,22?/m1/s1.